The normalized spacial score (nSPS) is 21.7. The molecule has 7 nitrogen and oxygen atoms in total. The Hall–Kier alpha value is -2.67. The zero-order chi connectivity index (χ0) is 19.3. The minimum absolute atomic E-state index is 0.0248. The summed E-state index contributed by atoms with van der Waals surface area (Å²) < 4.78 is 5.35. The molecule has 1 aliphatic carbocycles. The Morgan fingerprint density at radius 3 is 2.96 bits per heavy atom. The molecule has 0 spiro atoms. The SMILES string of the molecule is O=C(N[C@@H]1CCCN(c2ncnc3c2CCC(O)C3)C1)OCc1ccccc1. The molecule has 0 saturated carbocycles. The second-order valence-corrected chi connectivity index (χ2v) is 7.51. The molecule has 1 aromatic carbocycles. The number of alkyl carbamates (subject to hydrolysis) is 1. The summed E-state index contributed by atoms with van der Waals surface area (Å²) in [6.45, 7) is 1.88. The molecule has 0 radical (unpaired) electrons. The van der Waals surface area contributed by atoms with E-state index in [0.29, 0.717) is 13.0 Å². The van der Waals surface area contributed by atoms with Crippen molar-refractivity contribution in [2.45, 2.75) is 50.9 Å². The van der Waals surface area contributed by atoms with E-state index in [0.717, 1.165) is 54.9 Å². The second-order valence-electron chi connectivity index (χ2n) is 7.51. The third kappa shape index (κ3) is 4.42. The zero-order valence-electron chi connectivity index (χ0n) is 15.9. The Balaban J connectivity index is 1.36. The predicted molar refractivity (Wildman–Crippen MR) is 105 cm³/mol. The lowest BCUT2D eigenvalue weighted by Gasteiger charge is -2.35. The van der Waals surface area contributed by atoms with Gasteiger partial charge in [0.1, 0.15) is 18.8 Å². The second kappa shape index (κ2) is 8.56. The smallest absolute Gasteiger partial charge is 0.407 e. The van der Waals surface area contributed by atoms with Gasteiger partial charge in [-0.1, -0.05) is 30.3 Å². The molecule has 1 saturated heterocycles. The maximum absolute atomic E-state index is 12.2. The summed E-state index contributed by atoms with van der Waals surface area (Å²) in [4.78, 5) is 23.3. The average molecular weight is 382 g/mol. The molecular formula is C21H26N4O3. The first-order valence-electron chi connectivity index (χ1n) is 9.92. The highest BCUT2D eigenvalue weighted by Crippen LogP contribution is 2.29. The Kier molecular flexibility index (Phi) is 5.71. The number of benzene rings is 1. The topological polar surface area (TPSA) is 87.6 Å². The van der Waals surface area contributed by atoms with E-state index in [2.05, 4.69) is 20.2 Å². The number of nitrogens with one attached hydrogen (secondary N) is 1. The summed E-state index contributed by atoms with van der Waals surface area (Å²) in [5.41, 5.74) is 3.05. The van der Waals surface area contributed by atoms with Gasteiger partial charge in [-0.3, -0.25) is 0 Å². The van der Waals surface area contributed by atoms with Crippen LogP contribution in [0.2, 0.25) is 0 Å². The molecular weight excluding hydrogens is 356 g/mol. The van der Waals surface area contributed by atoms with Crippen LogP contribution in [0, 0.1) is 0 Å². The van der Waals surface area contributed by atoms with Crippen molar-refractivity contribution in [1.29, 1.82) is 0 Å². The number of anilines is 1. The minimum atomic E-state index is -0.386. The fourth-order valence-electron chi connectivity index (χ4n) is 4.00. The Morgan fingerprint density at radius 1 is 1.25 bits per heavy atom. The number of aliphatic hydroxyl groups is 1. The first-order chi connectivity index (χ1) is 13.7. The molecule has 1 amide bonds. The van der Waals surface area contributed by atoms with E-state index in [4.69, 9.17) is 4.74 Å². The van der Waals surface area contributed by atoms with E-state index in [1.54, 1.807) is 6.33 Å². The van der Waals surface area contributed by atoms with Gasteiger partial charge in [0.2, 0.25) is 0 Å². The van der Waals surface area contributed by atoms with E-state index >= 15 is 0 Å². The average Bonchev–Trinajstić information content (AvgIpc) is 2.72. The molecule has 2 aliphatic rings. The summed E-state index contributed by atoms with van der Waals surface area (Å²) in [6, 6.07) is 9.69. The molecule has 2 heterocycles. The maximum atomic E-state index is 12.2. The van der Waals surface area contributed by atoms with Crippen molar-refractivity contribution in [3.63, 3.8) is 0 Å². The van der Waals surface area contributed by atoms with Gasteiger partial charge >= 0.3 is 6.09 Å². The third-order valence-electron chi connectivity index (χ3n) is 5.42. The molecule has 1 unspecified atom stereocenters. The van der Waals surface area contributed by atoms with Gasteiger partial charge in [0.15, 0.2) is 0 Å². The quantitative estimate of drug-likeness (QED) is 0.843. The lowest BCUT2D eigenvalue weighted by molar-refractivity contribution is 0.134. The molecule has 2 aromatic rings. The summed E-state index contributed by atoms with van der Waals surface area (Å²) in [5.74, 6) is 0.945. The highest BCUT2D eigenvalue weighted by atomic mass is 16.5. The van der Waals surface area contributed by atoms with Crippen molar-refractivity contribution in [1.82, 2.24) is 15.3 Å². The molecule has 1 aliphatic heterocycles. The highest BCUT2D eigenvalue weighted by molar-refractivity contribution is 5.67. The molecule has 28 heavy (non-hydrogen) atoms. The van der Waals surface area contributed by atoms with Crippen LogP contribution in [-0.2, 0) is 24.2 Å². The van der Waals surface area contributed by atoms with E-state index in [-0.39, 0.29) is 24.8 Å². The first-order valence-corrected chi connectivity index (χ1v) is 9.92. The minimum Gasteiger partial charge on any atom is -0.445 e. The molecule has 2 N–H and O–H groups in total. The molecule has 2 atom stereocenters. The molecule has 1 fully saturated rings. The van der Waals surface area contributed by atoms with Crippen molar-refractivity contribution < 1.29 is 14.6 Å². The van der Waals surface area contributed by atoms with Crippen LogP contribution < -0.4 is 10.2 Å². The lowest BCUT2D eigenvalue weighted by Crippen LogP contribution is -2.48. The number of hydrogen-bond acceptors (Lipinski definition) is 6. The fourth-order valence-corrected chi connectivity index (χ4v) is 4.00. The van der Waals surface area contributed by atoms with Gasteiger partial charge in [0.05, 0.1) is 11.8 Å². The molecule has 4 rings (SSSR count). The number of rotatable bonds is 4. The summed E-state index contributed by atoms with van der Waals surface area (Å²) in [7, 11) is 0. The van der Waals surface area contributed by atoms with Crippen LogP contribution in [0.15, 0.2) is 36.7 Å². The van der Waals surface area contributed by atoms with Gasteiger partial charge < -0.3 is 20.1 Å². The van der Waals surface area contributed by atoms with E-state index < -0.39 is 0 Å². The van der Waals surface area contributed by atoms with Crippen LogP contribution in [0.5, 0.6) is 0 Å². The molecule has 1 aromatic heterocycles. The van der Waals surface area contributed by atoms with Crippen molar-refractivity contribution >= 4 is 11.9 Å². The van der Waals surface area contributed by atoms with E-state index in [9.17, 15) is 9.90 Å². The van der Waals surface area contributed by atoms with E-state index in [1.807, 2.05) is 30.3 Å². The monoisotopic (exact) mass is 382 g/mol. The van der Waals surface area contributed by atoms with Crippen molar-refractivity contribution in [2.24, 2.45) is 0 Å². The number of ether oxygens (including phenoxy) is 1. The first kappa shape index (κ1) is 18.7. The Bertz CT molecular complexity index is 815. The zero-order valence-corrected chi connectivity index (χ0v) is 15.9. The Labute approximate surface area is 164 Å². The number of carbonyl (C=O) groups is 1. The van der Waals surface area contributed by atoms with Gasteiger partial charge in [-0.15, -0.1) is 0 Å². The van der Waals surface area contributed by atoms with Crippen LogP contribution in [0.25, 0.3) is 0 Å². The van der Waals surface area contributed by atoms with Gasteiger partial charge in [0, 0.05) is 31.1 Å². The van der Waals surface area contributed by atoms with Crippen LogP contribution in [0.3, 0.4) is 0 Å². The van der Waals surface area contributed by atoms with E-state index in [1.165, 1.54) is 0 Å². The fraction of sp³-hybridized carbons (Fsp3) is 0.476. The number of aliphatic hydroxyl groups excluding tert-OH is 1. The molecule has 7 heteroatoms. The number of aromatic nitrogens is 2. The van der Waals surface area contributed by atoms with Crippen LogP contribution in [-0.4, -0.2) is 46.4 Å². The van der Waals surface area contributed by atoms with Gasteiger partial charge in [-0.05, 0) is 31.2 Å². The lowest BCUT2D eigenvalue weighted by atomic mass is 9.93. The third-order valence-corrected chi connectivity index (χ3v) is 5.42. The number of hydrogen-bond donors (Lipinski definition) is 2. The highest BCUT2D eigenvalue weighted by Gasteiger charge is 2.28. The van der Waals surface area contributed by atoms with Crippen molar-refractivity contribution in [2.75, 3.05) is 18.0 Å². The Morgan fingerprint density at radius 2 is 2.11 bits per heavy atom. The summed E-state index contributed by atoms with van der Waals surface area (Å²) in [5, 5.41) is 12.9. The van der Waals surface area contributed by atoms with Gasteiger partial charge in [-0.2, -0.15) is 0 Å². The summed E-state index contributed by atoms with van der Waals surface area (Å²) >= 11 is 0. The number of nitrogens with zero attached hydrogens (tertiary/aromatic N) is 3. The van der Waals surface area contributed by atoms with Crippen LogP contribution in [0.1, 0.15) is 36.1 Å². The van der Waals surface area contributed by atoms with Crippen molar-refractivity contribution in [3.8, 4) is 0 Å². The number of amides is 1. The van der Waals surface area contributed by atoms with Crippen LogP contribution >= 0.6 is 0 Å². The largest absolute Gasteiger partial charge is 0.445 e. The van der Waals surface area contributed by atoms with Crippen LogP contribution in [0.4, 0.5) is 10.6 Å². The predicted octanol–water partition coefficient (Wildman–Crippen LogP) is 2.22. The van der Waals surface area contributed by atoms with Crippen molar-refractivity contribution in [3.05, 3.63) is 53.5 Å². The number of carbonyl (C=O) groups excluding carboxylic acids is 1. The number of piperidine rings is 1. The molecule has 148 valence electrons. The maximum Gasteiger partial charge on any atom is 0.407 e. The van der Waals surface area contributed by atoms with Gasteiger partial charge in [0.25, 0.3) is 0 Å². The number of fused-ring (bicyclic) bond motifs is 1. The summed E-state index contributed by atoms with van der Waals surface area (Å²) in [6.07, 6.45) is 4.90. The molecule has 0 bridgehead atoms. The van der Waals surface area contributed by atoms with Gasteiger partial charge in [-0.25, -0.2) is 14.8 Å². The standard InChI is InChI=1S/C21H26N4O3/c26-17-8-9-18-19(11-17)22-14-23-20(18)25-10-4-7-16(12-25)24-21(27)28-13-15-5-2-1-3-6-15/h1-3,5-6,14,16-17,26H,4,7-13H2,(H,24,27)/t16-,17?/m1/s1.